The first kappa shape index (κ1) is 46.4. The van der Waals surface area contributed by atoms with Gasteiger partial charge in [-0.15, -0.1) is 0 Å². The highest BCUT2D eigenvalue weighted by atomic mass is 16.2. The van der Waals surface area contributed by atoms with Crippen molar-refractivity contribution in [2.24, 2.45) is 22.9 Å². The Balaban J connectivity index is 1.50. The van der Waals surface area contributed by atoms with Crippen molar-refractivity contribution in [3.05, 3.63) is 90.1 Å². The average Bonchev–Trinajstić information content (AvgIpc) is 3.91. The number of hydrazine groups is 1. The molecule has 0 spiro atoms. The molecule has 324 valence electrons. The van der Waals surface area contributed by atoms with Crippen LogP contribution >= 0.6 is 0 Å². The van der Waals surface area contributed by atoms with E-state index in [1.165, 1.54) is 13.3 Å². The van der Waals surface area contributed by atoms with Crippen molar-refractivity contribution in [1.29, 1.82) is 0 Å². The summed E-state index contributed by atoms with van der Waals surface area (Å²) in [7, 11) is 0. The van der Waals surface area contributed by atoms with E-state index < -0.39 is 65.8 Å². The standard InChI is InChI=1S/C41H59N13O6/c1-26(49-39(58)35(21-28-23-47-32-15-7-6-14-30(28)32)51-38(57)31(44)22-29-24-46-25-48-29)37(56)53-54(19-11-3-9-17-42)41(60)52-34(20-27-12-4-2-5-13-27)40(59)50-33(36(45)55)16-8-10-18-43/h2,4-7,12-15,23-26,31,33-35,47H,3,8-11,16-22,42-44H2,1H3,(H2,45,55)(H,46,48)(H,49,58)(H,50,59)(H,51,57)(H,52,60)(H,53,56)/t26-,31-,33-,34+,35+/m0/s1. The van der Waals surface area contributed by atoms with Crippen molar-refractivity contribution in [2.75, 3.05) is 19.6 Å². The number of H-pyrrole nitrogens is 2. The van der Waals surface area contributed by atoms with Crippen LogP contribution in [0.3, 0.4) is 0 Å². The minimum atomic E-state index is -1.20. The van der Waals surface area contributed by atoms with Crippen molar-refractivity contribution in [3.63, 3.8) is 0 Å². The van der Waals surface area contributed by atoms with Crippen LogP contribution < -0.4 is 49.6 Å². The number of hydrogen-bond acceptors (Lipinski definition) is 10. The Morgan fingerprint density at radius 3 is 2.08 bits per heavy atom. The Labute approximate surface area is 348 Å². The summed E-state index contributed by atoms with van der Waals surface area (Å²) >= 11 is 0. The Hall–Kier alpha value is -6.31. The Morgan fingerprint density at radius 2 is 1.38 bits per heavy atom. The number of carbonyl (C=O) groups excluding carboxylic acids is 6. The van der Waals surface area contributed by atoms with Crippen LogP contribution in [-0.4, -0.2) is 105 Å². The second kappa shape index (κ2) is 23.9. The predicted molar refractivity (Wildman–Crippen MR) is 226 cm³/mol. The summed E-state index contributed by atoms with van der Waals surface area (Å²) in [5.41, 5.74) is 28.6. The van der Waals surface area contributed by atoms with Crippen molar-refractivity contribution in [2.45, 2.75) is 94.9 Å². The van der Waals surface area contributed by atoms with Crippen molar-refractivity contribution in [1.82, 2.24) is 46.7 Å². The van der Waals surface area contributed by atoms with E-state index in [4.69, 9.17) is 22.9 Å². The molecule has 2 heterocycles. The van der Waals surface area contributed by atoms with E-state index in [-0.39, 0.29) is 32.2 Å². The SMILES string of the molecule is C[C@H](NC(=O)[C@@H](Cc1c[nH]c2ccccc12)NC(=O)[C@@H](N)Cc1cnc[nH]1)C(=O)NN(CCCCCN)C(=O)N[C@H](Cc1ccccc1)C(=O)N[C@@H](CCCCN)C(N)=O. The summed E-state index contributed by atoms with van der Waals surface area (Å²) in [6, 6.07) is 10.1. The summed E-state index contributed by atoms with van der Waals surface area (Å²) in [6.45, 7) is 2.31. The van der Waals surface area contributed by atoms with E-state index in [1.54, 1.807) is 36.7 Å². The number of nitrogens with zero attached hydrogens (tertiary/aromatic N) is 2. The fourth-order valence-electron chi connectivity index (χ4n) is 6.48. The van der Waals surface area contributed by atoms with Gasteiger partial charge in [0.05, 0.1) is 12.4 Å². The van der Waals surface area contributed by atoms with Gasteiger partial charge in [0.15, 0.2) is 0 Å². The van der Waals surface area contributed by atoms with Gasteiger partial charge in [0, 0.05) is 54.8 Å². The Morgan fingerprint density at radius 1 is 0.717 bits per heavy atom. The molecule has 4 rings (SSSR count). The number of fused-ring (bicyclic) bond motifs is 1. The van der Waals surface area contributed by atoms with Crippen LogP contribution in [0.15, 0.2) is 73.3 Å². The van der Waals surface area contributed by atoms with E-state index in [9.17, 15) is 28.8 Å². The molecule has 2 aromatic heterocycles. The largest absolute Gasteiger partial charge is 0.368 e. The number of unbranched alkanes of at least 4 members (excludes halogenated alkanes) is 3. The fraction of sp³-hybridized carbons (Fsp3) is 0.439. The number of para-hydroxylation sites is 1. The average molecular weight is 830 g/mol. The number of nitrogens with two attached hydrogens (primary N) is 4. The highest BCUT2D eigenvalue weighted by Crippen LogP contribution is 2.19. The maximum absolute atomic E-state index is 13.9. The number of aromatic nitrogens is 3. The summed E-state index contributed by atoms with van der Waals surface area (Å²) in [6.07, 6.45) is 8.23. The molecule has 19 nitrogen and oxygen atoms in total. The molecular formula is C41H59N13O6. The number of primary amides is 1. The minimum absolute atomic E-state index is 0.0361. The molecular weight excluding hydrogens is 771 g/mol. The lowest BCUT2D eigenvalue weighted by Crippen LogP contribution is -2.61. The minimum Gasteiger partial charge on any atom is -0.368 e. The van der Waals surface area contributed by atoms with Gasteiger partial charge in [-0.25, -0.2) is 14.8 Å². The maximum Gasteiger partial charge on any atom is 0.336 e. The molecule has 2 aromatic carbocycles. The van der Waals surface area contributed by atoms with Gasteiger partial charge in [0.25, 0.3) is 5.91 Å². The second-order valence-electron chi connectivity index (χ2n) is 14.7. The number of aromatic amines is 2. The molecule has 0 bridgehead atoms. The molecule has 19 heteroatoms. The molecule has 0 aliphatic carbocycles. The van der Waals surface area contributed by atoms with Crippen LogP contribution in [-0.2, 0) is 43.2 Å². The van der Waals surface area contributed by atoms with Gasteiger partial charge < -0.3 is 54.2 Å². The third-order valence-corrected chi connectivity index (χ3v) is 9.90. The molecule has 4 aromatic rings. The predicted octanol–water partition coefficient (Wildman–Crippen LogP) is -0.125. The highest BCUT2D eigenvalue weighted by Gasteiger charge is 2.31. The van der Waals surface area contributed by atoms with Gasteiger partial charge in [-0.2, -0.15) is 0 Å². The van der Waals surface area contributed by atoms with Crippen LogP contribution in [0.5, 0.6) is 0 Å². The number of rotatable bonds is 24. The first-order chi connectivity index (χ1) is 28.9. The number of imidazole rings is 1. The number of hydrogen-bond donors (Lipinski definition) is 11. The number of amides is 7. The summed E-state index contributed by atoms with van der Waals surface area (Å²) in [5, 5.41) is 12.7. The monoisotopic (exact) mass is 829 g/mol. The van der Waals surface area contributed by atoms with Crippen LogP contribution in [0.4, 0.5) is 4.79 Å². The van der Waals surface area contributed by atoms with E-state index in [2.05, 4.69) is 41.6 Å². The smallest absolute Gasteiger partial charge is 0.336 e. The Bertz CT molecular complexity index is 1990. The van der Waals surface area contributed by atoms with Crippen LogP contribution in [0.2, 0.25) is 0 Å². The quantitative estimate of drug-likeness (QED) is 0.0329. The van der Waals surface area contributed by atoms with Gasteiger partial charge in [0.1, 0.15) is 24.2 Å². The molecule has 0 aliphatic heterocycles. The molecule has 0 radical (unpaired) electrons. The molecule has 15 N–H and O–H groups in total. The lowest BCUT2D eigenvalue weighted by atomic mass is 10.0. The van der Waals surface area contributed by atoms with Gasteiger partial charge in [-0.3, -0.25) is 29.4 Å². The van der Waals surface area contributed by atoms with E-state index >= 15 is 0 Å². The first-order valence-corrected chi connectivity index (χ1v) is 20.2. The molecule has 0 saturated carbocycles. The summed E-state index contributed by atoms with van der Waals surface area (Å²) < 4.78 is 0. The second-order valence-corrected chi connectivity index (χ2v) is 14.7. The third-order valence-electron chi connectivity index (χ3n) is 9.90. The first-order valence-electron chi connectivity index (χ1n) is 20.2. The molecule has 0 aliphatic rings. The van der Waals surface area contributed by atoms with E-state index in [1.807, 2.05) is 30.3 Å². The molecule has 0 unspecified atom stereocenters. The van der Waals surface area contributed by atoms with Crippen LogP contribution in [0.1, 0.15) is 62.3 Å². The number of nitrogens with one attached hydrogen (secondary N) is 7. The van der Waals surface area contributed by atoms with Crippen molar-refractivity contribution >= 4 is 46.5 Å². The summed E-state index contributed by atoms with van der Waals surface area (Å²) in [4.78, 5) is 90.9. The lowest BCUT2D eigenvalue weighted by molar-refractivity contribution is -0.133. The zero-order valence-electron chi connectivity index (χ0n) is 34.0. The lowest BCUT2D eigenvalue weighted by Gasteiger charge is -2.29. The highest BCUT2D eigenvalue weighted by molar-refractivity contribution is 5.95. The number of urea groups is 1. The van der Waals surface area contributed by atoms with E-state index in [0.717, 1.165) is 27.0 Å². The summed E-state index contributed by atoms with van der Waals surface area (Å²) in [5.74, 6) is -3.38. The fourth-order valence-corrected chi connectivity index (χ4v) is 6.48. The van der Waals surface area contributed by atoms with Crippen molar-refractivity contribution in [3.8, 4) is 0 Å². The molecule has 5 atom stereocenters. The molecule has 0 saturated heterocycles. The number of carbonyl (C=O) groups is 6. The normalized spacial score (nSPS) is 13.6. The zero-order valence-corrected chi connectivity index (χ0v) is 34.0. The van der Waals surface area contributed by atoms with Gasteiger partial charge in [-0.1, -0.05) is 55.0 Å². The topological polar surface area (TPSA) is 314 Å². The van der Waals surface area contributed by atoms with E-state index in [0.29, 0.717) is 50.9 Å². The van der Waals surface area contributed by atoms with Crippen LogP contribution in [0.25, 0.3) is 10.9 Å². The van der Waals surface area contributed by atoms with Gasteiger partial charge >= 0.3 is 6.03 Å². The zero-order chi connectivity index (χ0) is 43.4. The molecule has 7 amide bonds. The number of benzene rings is 2. The van der Waals surface area contributed by atoms with Gasteiger partial charge in [-0.05, 0) is 69.3 Å². The molecule has 60 heavy (non-hydrogen) atoms. The van der Waals surface area contributed by atoms with Crippen molar-refractivity contribution < 1.29 is 28.8 Å². The maximum atomic E-state index is 13.9. The Kier molecular flexibility index (Phi) is 18.5. The van der Waals surface area contributed by atoms with Crippen LogP contribution in [0, 0.1) is 0 Å². The molecule has 0 fully saturated rings. The third kappa shape index (κ3) is 14.5. The van der Waals surface area contributed by atoms with Gasteiger partial charge in [0.2, 0.25) is 23.6 Å².